The molecule has 2 unspecified atom stereocenters. The standard InChI is InChI=1S/C20H26N2O5/c1-27-16-10-17(20(25)26)22(12-16)19(24)15-8-6-13(7-9-15)11-21-18(23)14-4-2-3-5-14/h6-9,14,16-17H,2-5,10-12H2,1H3,(H,21,23)(H,25,26). The van der Waals surface area contributed by atoms with Crippen LogP contribution < -0.4 is 5.32 Å². The molecule has 1 heterocycles. The van der Waals surface area contributed by atoms with Crippen molar-refractivity contribution in [1.29, 1.82) is 0 Å². The summed E-state index contributed by atoms with van der Waals surface area (Å²) in [4.78, 5) is 37.6. The monoisotopic (exact) mass is 374 g/mol. The number of amides is 2. The van der Waals surface area contributed by atoms with Crippen LogP contribution in [0.3, 0.4) is 0 Å². The fraction of sp³-hybridized carbons (Fsp3) is 0.550. The first-order chi connectivity index (χ1) is 13.0. The molecule has 3 rings (SSSR count). The minimum absolute atomic E-state index is 0.0969. The van der Waals surface area contributed by atoms with Crippen LogP contribution in [0.15, 0.2) is 24.3 Å². The van der Waals surface area contributed by atoms with E-state index in [1.807, 2.05) is 0 Å². The Hall–Kier alpha value is -2.41. The Morgan fingerprint density at radius 2 is 1.85 bits per heavy atom. The number of nitrogens with zero attached hydrogens (tertiary/aromatic N) is 1. The maximum absolute atomic E-state index is 12.7. The van der Waals surface area contributed by atoms with Crippen LogP contribution >= 0.6 is 0 Å². The van der Waals surface area contributed by atoms with Gasteiger partial charge in [0.2, 0.25) is 5.91 Å². The Kier molecular flexibility index (Phi) is 6.11. The summed E-state index contributed by atoms with van der Waals surface area (Å²) in [7, 11) is 1.52. The number of nitrogens with one attached hydrogen (secondary N) is 1. The van der Waals surface area contributed by atoms with Gasteiger partial charge < -0.3 is 20.1 Å². The van der Waals surface area contributed by atoms with E-state index in [0.717, 1.165) is 31.2 Å². The lowest BCUT2D eigenvalue weighted by Crippen LogP contribution is -2.40. The molecule has 2 amide bonds. The van der Waals surface area contributed by atoms with Crippen LogP contribution in [-0.4, -0.2) is 53.6 Å². The molecule has 2 N–H and O–H groups in total. The molecule has 0 bridgehead atoms. The normalized spacial score (nSPS) is 22.8. The smallest absolute Gasteiger partial charge is 0.326 e. The molecule has 2 fully saturated rings. The van der Waals surface area contributed by atoms with E-state index in [-0.39, 0.29) is 30.4 Å². The summed E-state index contributed by atoms with van der Waals surface area (Å²) in [5.74, 6) is -1.11. The van der Waals surface area contributed by atoms with Gasteiger partial charge in [-0.05, 0) is 30.5 Å². The first-order valence-electron chi connectivity index (χ1n) is 9.43. The highest BCUT2D eigenvalue weighted by Crippen LogP contribution is 2.25. The van der Waals surface area contributed by atoms with Crippen molar-refractivity contribution >= 4 is 17.8 Å². The summed E-state index contributed by atoms with van der Waals surface area (Å²) in [6.07, 6.45) is 4.19. The van der Waals surface area contributed by atoms with E-state index < -0.39 is 12.0 Å². The molecule has 1 aromatic rings. The maximum atomic E-state index is 12.7. The number of carboxylic acid groups (broad SMARTS) is 1. The summed E-state index contributed by atoms with van der Waals surface area (Å²) < 4.78 is 5.23. The van der Waals surface area contributed by atoms with Gasteiger partial charge in [0.25, 0.3) is 5.91 Å². The predicted octanol–water partition coefficient (Wildman–Crippen LogP) is 1.81. The molecule has 7 heteroatoms. The number of hydrogen-bond donors (Lipinski definition) is 2. The molecule has 0 radical (unpaired) electrons. The lowest BCUT2D eigenvalue weighted by molar-refractivity contribution is -0.141. The van der Waals surface area contributed by atoms with E-state index >= 15 is 0 Å². The summed E-state index contributed by atoms with van der Waals surface area (Å²) in [5, 5.41) is 12.3. The Balaban J connectivity index is 1.59. The average Bonchev–Trinajstić information content (AvgIpc) is 3.35. The van der Waals surface area contributed by atoms with Gasteiger partial charge in [-0.2, -0.15) is 0 Å². The summed E-state index contributed by atoms with van der Waals surface area (Å²) in [6, 6.07) is 6.08. The number of aliphatic carboxylic acids is 1. The van der Waals surface area contributed by atoms with Crippen molar-refractivity contribution in [3.05, 3.63) is 35.4 Å². The minimum atomic E-state index is -1.02. The quantitative estimate of drug-likeness (QED) is 0.792. The van der Waals surface area contributed by atoms with Crippen LogP contribution in [0.4, 0.5) is 0 Å². The molecule has 1 aliphatic heterocycles. The van der Waals surface area contributed by atoms with E-state index in [9.17, 15) is 19.5 Å². The molecular formula is C20H26N2O5. The van der Waals surface area contributed by atoms with Crippen molar-refractivity contribution in [3.63, 3.8) is 0 Å². The second-order valence-corrected chi connectivity index (χ2v) is 7.30. The third-order valence-electron chi connectivity index (χ3n) is 5.54. The van der Waals surface area contributed by atoms with Gasteiger partial charge in [0.15, 0.2) is 0 Å². The number of hydrogen-bond acceptors (Lipinski definition) is 4. The number of carboxylic acids is 1. The first kappa shape index (κ1) is 19.4. The average molecular weight is 374 g/mol. The topological polar surface area (TPSA) is 95.9 Å². The van der Waals surface area contributed by atoms with Crippen molar-refractivity contribution in [2.75, 3.05) is 13.7 Å². The van der Waals surface area contributed by atoms with E-state index in [1.165, 1.54) is 12.0 Å². The molecular weight excluding hydrogens is 348 g/mol. The summed E-state index contributed by atoms with van der Waals surface area (Å²) in [5.41, 5.74) is 1.34. The molecule has 0 aromatic heterocycles. The number of rotatable bonds is 6. The molecule has 0 spiro atoms. The molecule has 1 saturated carbocycles. The highest BCUT2D eigenvalue weighted by Gasteiger charge is 2.40. The highest BCUT2D eigenvalue weighted by molar-refractivity contribution is 5.97. The molecule has 7 nitrogen and oxygen atoms in total. The second-order valence-electron chi connectivity index (χ2n) is 7.30. The Bertz CT molecular complexity index is 697. The van der Waals surface area contributed by atoms with Crippen molar-refractivity contribution in [2.24, 2.45) is 5.92 Å². The van der Waals surface area contributed by atoms with Crippen LogP contribution in [0.1, 0.15) is 48.0 Å². The third kappa shape index (κ3) is 4.47. The van der Waals surface area contributed by atoms with Gasteiger partial charge in [-0.25, -0.2) is 4.79 Å². The molecule has 2 atom stereocenters. The number of carbonyl (C=O) groups is 3. The van der Waals surface area contributed by atoms with Gasteiger partial charge in [0.1, 0.15) is 6.04 Å². The zero-order valence-corrected chi connectivity index (χ0v) is 15.5. The maximum Gasteiger partial charge on any atom is 0.326 e. The SMILES string of the molecule is COC1CC(C(=O)O)N(C(=O)c2ccc(CNC(=O)C3CCCC3)cc2)C1. The number of likely N-dealkylation sites (tertiary alicyclic amines) is 1. The second kappa shape index (κ2) is 8.52. The van der Waals surface area contributed by atoms with Crippen molar-refractivity contribution in [1.82, 2.24) is 10.2 Å². The van der Waals surface area contributed by atoms with Crippen LogP contribution in [-0.2, 0) is 20.9 Å². The molecule has 1 aromatic carbocycles. The molecule has 1 aliphatic carbocycles. The summed E-state index contributed by atoms with van der Waals surface area (Å²) >= 11 is 0. The fourth-order valence-corrected chi connectivity index (χ4v) is 3.88. The lowest BCUT2D eigenvalue weighted by Gasteiger charge is -2.21. The zero-order valence-electron chi connectivity index (χ0n) is 15.5. The predicted molar refractivity (Wildman–Crippen MR) is 98.1 cm³/mol. The molecule has 146 valence electrons. The first-order valence-corrected chi connectivity index (χ1v) is 9.43. The van der Waals surface area contributed by atoms with Gasteiger partial charge in [-0.15, -0.1) is 0 Å². The van der Waals surface area contributed by atoms with E-state index in [4.69, 9.17) is 4.74 Å². The molecule has 27 heavy (non-hydrogen) atoms. The highest BCUT2D eigenvalue weighted by atomic mass is 16.5. The zero-order chi connectivity index (χ0) is 19.4. The van der Waals surface area contributed by atoms with Crippen LogP contribution in [0.5, 0.6) is 0 Å². The Morgan fingerprint density at radius 3 is 2.44 bits per heavy atom. The Labute approximate surface area is 158 Å². The Morgan fingerprint density at radius 1 is 1.19 bits per heavy atom. The van der Waals surface area contributed by atoms with E-state index in [2.05, 4.69) is 5.32 Å². The van der Waals surface area contributed by atoms with Gasteiger partial charge in [-0.1, -0.05) is 25.0 Å². The van der Waals surface area contributed by atoms with E-state index in [1.54, 1.807) is 24.3 Å². The fourth-order valence-electron chi connectivity index (χ4n) is 3.88. The van der Waals surface area contributed by atoms with Crippen LogP contribution in [0.2, 0.25) is 0 Å². The van der Waals surface area contributed by atoms with Crippen molar-refractivity contribution < 1.29 is 24.2 Å². The van der Waals surface area contributed by atoms with Crippen LogP contribution in [0.25, 0.3) is 0 Å². The van der Waals surface area contributed by atoms with Crippen molar-refractivity contribution in [2.45, 2.75) is 50.8 Å². The minimum Gasteiger partial charge on any atom is -0.480 e. The van der Waals surface area contributed by atoms with E-state index in [0.29, 0.717) is 18.5 Å². The summed E-state index contributed by atoms with van der Waals surface area (Å²) in [6.45, 7) is 0.697. The van der Waals surface area contributed by atoms with Gasteiger partial charge >= 0.3 is 5.97 Å². The number of ether oxygens (including phenoxy) is 1. The largest absolute Gasteiger partial charge is 0.480 e. The number of carbonyl (C=O) groups excluding carboxylic acids is 2. The van der Waals surface area contributed by atoms with Gasteiger partial charge in [0, 0.05) is 38.1 Å². The lowest BCUT2D eigenvalue weighted by atomic mass is 10.1. The van der Waals surface area contributed by atoms with Crippen molar-refractivity contribution in [3.8, 4) is 0 Å². The molecule has 1 saturated heterocycles. The molecule has 2 aliphatic rings. The van der Waals surface area contributed by atoms with Gasteiger partial charge in [0.05, 0.1) is 6.10 Å². The third-order valence-corrected chi connectivity index (χ3v) is 5.54. The number of methoxy groups -OCH3 is 1. The van der Waals surface area contributed by atoms with Crippen LogP contribution in [0, 0.1) is 5.92 Å². The van der Waals surface area contributed by atoms with Gasteiger partial charge in [-0.3, -0.25) is 9.59 Å². The number of benzene rings is 1.